The van der Waals surface area contributed by atoms with Crippen molar-refractivity contribution in [2.75, 3.05) is 13.1 Å². The van der Waals surface area contributed by atoms with Gasteiger partial charge in [-0.25, -0.2) is 14.5 Å². The molecule has 8 nitrogen and oxygen atoms in total. The van der Waals surface area contributed by atoms with Crippen molar-refractivity contribution in [2.24, 2.45) is 5.92 Å². The summed E-state index contributed by atoms with van der Waals surface area (Å²) >= 11 is 0. The molecule has 0 aliphatic carbocycles. The highest BCUT2D eigenvalue weighted by Gasteiger charge is 2.35. The standard InChI is InChI=1S/C16H19N5O3/c1-10-5-11(2)21(19-10)14-4-3-12(6-17-14)7-18-16(24)20-8-13(9-20)15(22)23/h3-6,13H,7-9H2,1-2H3,(H,18,24)(H,22,23). The Hall–Kier alpha value is -2.90. The number of nitrogens with one attached hydrogen (secondary N) is 1. The molecule has 0 unspecified atom stereocenters. The number of urea groups is 1. The number of rotatable bonds is 4. The number of nitrogens with zero attached hydrogens (tertiary/aromatic N) is 4. The van der Waals surface area contributed by atoms with Gasteiger partial charge in [-0.05, 0) is 31.5 Å². The van der Waals surface area contributed by atoms with Crippen molar-refractivity contribution in [3.05, 3.63) is 41.3 Å². The molecule has 3 heterocycles. The lowest BCUT2D eigenvalue weighted by molar-refractivity contribution is -0.146. The third kappa shape index (κ3) is 3.22. The maximum absolute atomic E-state index is 11.9. The molecule has 126 valence electrons. The highest BCUT2D eigenvalue weighted by atomic mass is 16.4. The number of hydrogen-bond acceptors (Lipinski definition) is 4. The van der Waals surface area contributed by atoms with Crippen molar-refractivity contribution in [3.8, 4) is 5.82 Å². The molecule has 0 aromatic carbocycles. The van der Waals surface area contributed by atoms with Crippen LogP contribution in [0.2, 0.25) is 0 Å². The molecular weight excluding hydrogens is 310 g/mol. The van der Waals surface area contributed by atoms with Gasteiger partial charge in [0.25, 0.3) is 0 Å². The largest absolute Gasteiger partial charge is 0.481 e. The summed E-state index contributed by atoms with van der Waals surface area (Å²) in [5.41, 5.74) is 2.80. The van der Waals surface area contributed by atoms with Crippen LogP contribution in [0.5, 0.6) is 0 Å². The van der Waals surface area contributed by atoms with Crippen LogP contribution in [0.3, 0.4) is 0 Å². The maximum Gasteiger partial charge on any atom is 0.317 e. The molecule has 1 saturated heterocycles. The topological polar surface area (TPSA) is 100 Å². The molecule has 0 radical (unpaired) electrons. The molecule has 2 aromatic rings. The van der Waals surface area contributed by atoms with Crippen LogP contribution in [0.15, 0.2) is 24.4 Å². The number of aliphatic carboxylic acids is 1. The average Bonchev–Trinajstić information content (AvgIpc) is 2.82. The maximum atomic E-state index is 11.9. The number of carbonyl (C=O) groups is 2. The van der Waals surface area contributed by atoms with Gasteiger partial charge in [0.2, 0.25) is 0 Å². The fraction of sp³-hybridized carbons (Fsp3) is 0.375. The number of carboxylic acid groups (broad SMARTS) is 1. The molecule has 2 amide bonds. The van der Waals surface area contributed by atoms with Gasteiger partial charge >= 0.3 is 12.0 Å². The second-order valence-corrected chi connectivity index (χ2v) is 5.96. The lowest BCUT2D eigenvalue weighted by atomic mass is 10.0. The van der Waals surface area contributed by atoms with Crippen molar-refractivity contribution >= 4 is 12.0 Å². The van der Waals surface area contributed by atoms with Crippen molar-refractivity contribution in [1.29, 1.82) is 0 Å². The number of likely N-dealkylation sites (tertiary alicyclic amines) is 1. The Balaban J connectivity index is 1.54. The molecular formula is C16H19N5O3. The summed E-state index contributed by atoms with van der Waals surface area (Å²) in [7, 11) is 0. The molecule has 2 aromatic heterocycles. The summed E-state index contributed by atoms with van der Waals surface area (Å²) in [5, 5.41) is 16.0. The van der Waals surface area contributed by atoms with Crippen LogP contribution >= 0.6 is 0 Å². The Morgan fingerprint density at radius 2 is 2.08 bits per heavy atom. The zero-order valence-electron chi connectivity index (χ0n) is 13.6. The minimum atomic E-state index is -0.858. The van der Waals surface area contributed by atoms with E-state index in [1.54, 1.807) is 10.9 Å². The first-order valence-electron chi connectivity index (χ1n) is 7.68. The second-order valence-electron chi connectivity index (χ2n) is 5.96. The van der Waals surface area contributed by atoms with E-state index in [1.807, 2.05) is 32.0 Å². The smallest absolute Gasteiger partial charge is 0.317 e. The van der Waals surface area contributed by atoms with Crippen LogP contribution in [0.25, 0.3) is 5.82 Å². The highest BCUT2D eigenvalue weighted by molar-refractivity contribution is 5.79. The zero-order chi connectivity index (χ0) is 17.3. The van der Waals surface area contributed by atoms with Gasteiger partial charge in [-0.1, -0.05) is 6.07 Å². The first kappa shape index (κ1) is 16.0. The fourth-order valence-corrected chi connectivity index (χ4v) is 2.60. The molecule has 24 heavy (non-hydrogen) atoms. The predicted molar refractivity (Wildman–Crippen MR) is 85.8 cm³/mol. The summed E-state index contributed by atoms with van der Waals surface area (Å²) in [6.07, 6.45) is 1.70. The molecule has 1 aliphatic rings. The molecule has 1 aliphatic heterocycles. The molecule has 8 heteroatoms. The summed E-state index contributed by atoms with van der Waals surface area (Å²) in [5.74, 6) is -0.580. The van der Waals surface area contributed by atoms with E-state index in [0.717, 1.165) is 22.8 Å². The number of pyridine rings is 1. The molecule has 0 bridgehead atoms. The highest BCUT2D eigenvalue weighted by Crippen LogP contribution is 2.15. The van der Waals surface area contributed by atoms with Gasteiger partial charge < -0.3 is 15.3 Å². The van der Waals surface area contributed by atoms with Crippen molar-refractivity contribution < 1.29 is 14.7 Å². The Morgan fingerprint density at radius 1 is 1.33 bits per heavy atom. The number of amides is 2. The SMILES string of the molecule is Cc1cc(C)n(-c2ccc(CNC(=O)N3CC(C(=O)O)C3)cn2)n1. The zero-order valence-corrected chi connectivity index (χ0v) is 13.6. The van der Waals surface area contributed by atoms with Crippen LogP contribution in [-0.2, 0) is 11.3 Å². The summed E-state index contributed by atoms with van der Waals surface area (Å²) in [6.45, 7) is 4.76. The van der Waals surface area contributed by atoms with E-state index in [4.69, 9.17) is 5.11 Å². The van der Waals surface area contributed by atoms with Gasteiger partial charge in [-0.15, -0.1) is 0 Å². The molecule has 2 N–H and O–H groups in total. The van der Waals surface area contributed by atoms with E-state index in [2.05, 4.69) is 15.4 Å². The summed E-state index contributed by atoms with van der Waals surface area (Å²) < 4.78 is 1.77. The van der Waals surface area contributed by atoms with Crippen molar-refractivity contribution in [3.63, 3.8) is 0 Å². The number of hydrogen-bond donors (Lipinski definition) is 2. The fourth-order valence-electron chi connectivity index (χ4n) is 2.60. The van der Waals surface area contributed by atoms with Crippen molar-refractivity contribution in [2.45, 2.75) is 20.4 Å². The van der Waals surface area contributed by atoms with Crippen LogP contribution in [0.1, 0.15) is 17.0 Å². The molecule has 3 rings (SSSR count). The number of carboxylic acids is 1. The van der Waals surface area contributed by atoms with Crippen LogP contribution in [-0.4, -0.2) is 49.9 Å². The Morgan fingerprint density at radius 3 is 2.62 bits per heavy atom. The monoisotopic (exact) mass is 329 g/mol. The normalized spacial score (nSPS) is 14.3. The van der Waals surface area contributed by atoms with Gasteiger partial charge in [0.15, 0.2) is 5.82 Å². The first-order chi connectivity index (χ1) is 11.4. The number of aromatic nitrogens is 3. The number of aryl methyl sites for hydroxylation is 2. The average molecular weight is 329 g/mol. The first-order valence-corrected chi connectivity index (χ1v) is 7.68. The lowest BCUT2D eigenvalue weighted by Gasteiger charge is -2.36. The van der Waals surface area contributed by atoms with Crippen LogP contribution in [0.4, 0.5) is 4.79 Å². The van der Waals surface area contributed by atoms with E-state index >= 15 is 0 Å². The lowest BCUT2D eigenvalue weighted by Crippen LogP contribution is -2.56. The minimum Gasteiger partial charge on any atom is -0.481 e. The molecule has 1 fully saturated rings. The quantitative estimate of drug-likeness (QED) is 0.875. The van der Waals surface area contributed by atoms with Crippen LogP contribution in [0, 0.1) is 19.8 Å². The molecule has 0 atom stereocenters. The summed E-state index contributed by atoms with van der Waals surface area (Å²) in [4.78, 5) is 28.5. The second kappa shape index (κ2) is 6.31. The predicted octanol–water partition coefficient (Wildman–Crippen LogP) is 1.11. The van der Waals surface area contributed by atoms with Gasteiger partial charge in [0.1, 0.15) is 0 Å². The van der Waals surface area contributed by atoms with Gasteiger partial charge in [-0.3, -0.25) is 4.79 Å². The number of carbonyl (C=O) groups excluding carboxylic acids is 1. The van der Waals surface area contributed by atoms with E-state index in [1.165, 1.54) is 4.90 Å². The summed E-state index contributed by atoms with van der Waals surface area (Å²) in [6, 6.07) is 5.46. The Labute approximate surface area is 139 Å². The van der Waals surface area contributed by atoms with Gasteiger partial charge in [0.05, 0.1) is 11.6 Å². The molecule has 0 spiro atoms. The van der Waals surface area contributed by atoms with E-state index in [-0.39, 0.29) is 19.1 Å². The van der Waals surface area contributed by atoms with E-state index in [9.17, 15) is 9.59 Å². The third-order valence-electron chi connectivity index (χ3n) is 4.00. The van der Waals surface area contributed by atoms with Crippen LogP contribution < -0.4 is 5.32 Å². The van der Waals surface area contributed by atoms with Crippen molar-refractivity contribution in [1.82, 2.24) is 25.0 Å². The van der Waals surface area contributed by atoms with Gasteiger partial charge in [-0.2, -0.15) is 5.10 Å². The Bertz CT molecular complexity index is 763. The minimum absolute atomic E-state index is 0.255. The van der Waals surface area contributed by atoms with Gasteiger partial charge in [0, 0.05) is 31.5 Å². The Kier molecular flexibility index (Phi) is 4.20. The third-order valence-corrected chi connectivity index (χ3v) is 4.00. The van der Waals surface area contributed by atoms with E-state index < -0.39 is 11.9 Å². The molecule has 0 saturated carbocycles. The van der Waals surface area contributed by atoms with E-state index in [0.29, 0.717) is 6.54 Å².